The third kappa shape index (κ3) is 2.03. The minimum Gasteiger partial charge on any atom is -0.324 e. The summed E-state index contributed by atoms with van der Waals surface area (Å²) in [6.45, 7) is 0.786. The van der Waals surface area contributed by atoms with E-state index in [0.717, 1.165) is 17.8 Å². The number of carbonyl (C=O) groups excluding carboxylic acids is 1. The van der Waals surface area contributed by atoms with E-state index in [4.69, 9.17) is 0 Å². The average Bonchev–Trinajstić information content (AvgIpc) is 3.44. The number of fused-ring (bicyclic) bond motifs is 8. The monoisotopic (exact) mass is 428 g/mol. The number of hydrogen-bond donors (Lipinski definition) is 1. The van der Waals surface area contributed by atoms with Crippen LogP contribution < -0.4 is 5.32 Å². The lowest BCUT2D eigenvalue weighted by atomic mass is 9.56. The van der Waals surface area contributed by atoms with Crippen molar-refractivity contribution in [2.45, 2.75) is 16.9 Å². The summed E-state index contributed by atoms with van der Waals surface area (Å²) in [5, 5.41) is 3.26. The van der Waals surface area contributed by atoms with Gasteiger partial charge in [0.15, 0.2) is 0 Å². The molecule has 1 fully saturated rings. The molecule has 0 unspecified atom stereocenters. The first-order valence-corrected chi connectivity index (χ1v) is 11.6. The van der Waals surface area contributed by atoms with Gasteiger partial charge in [-0.2, -0.15) is 0 Å². The van der Waals surface area contributed by atoms with E-state index in [1.807, 2.05) is 12.1 Å². The van der Waals surface area contributed by atoms with Crippen molar-refractivity contribution in [1.82, 2.24) is 4.90 Å². The largest absolute Gasteiger partial charge is 0.324 e. The Bertz CT molecular complexity index is 1380. The number of nitrogens with zero attached hydrogens (tertiary/aromatic N) is 1. The topological polar surface area (TPSA) is 32.3 Å². The van der Waals surface area contributed by atoms with E-state index < -0.39 is 11.0 Å². The summed E-state index contributed by atoms with van der Waals surface area (Å²) in [6.07, 6.45) is 0. The van der Waals surface area contributed by atoms with E-state index in [9.17, 15) is 4.79 Å². The Balaban J connectivity index is 1.68. The number of likely N-dealkylation sites (N-methyl/N-ethyl adjacent to an activating group) is 1. The second-order valence-electron chi connectivity index (χ2n) is 9.45. The Morgan fingerprint density at radius 1 is 0.727 bits per heavy atom. The maximum absolute atomic E-state index is 14.3. The maximum Gasteiger partial charge on any atom is 0.250 e. The molecule has 2 spiro atoms. The smallest absolute Gasteiger partial charge is 0.250 e. The zero-order valence-electron chi connectivity index (χ0n) is 18.5. The van der Waals surface area contributed by atoms with Gasteiger partial charge in [0.1, 0.15) is 5.54 Å². The molecule has 0 saturated carbocycles. The van der Waals surface area contributed by atoms with Gasteiger partial charge in [0.05, 0.1) is 5.41 Å². The number of benzene rings is 4. The van der Waals surface area contributed by atoms with E-state index in [-0.39, 0.29) is 11.8 Å². The van der Waals surface area contributed by atoms with E-state index in [0.29, 0.717) is 0 Å². The second-order valence-corrected chi connectivity index (χ2v) is 9.45. The molecular formula is C30H24N2O. The molecule has 4 aromatic rings. The second kappa shape index (κ2) is 6.43. The molecule has 1 aliphatic carbocycles. The summed E-state index contributed by atoms with van der Waals surface area (Å²) >= 11 is 0. The van der Waals surface area contributed by atoms with Crippen LogP contribution in [0.1, 0.15) is 28.2 Å². The van der Waals surface area contributed by atoms with Gasteiger partial charge in [-0.1, -0.05) is 97.1 Å². The molecule has 2 atom stereocenters. The molecule has 3 heteroatoms. The molecule has 2 aliphatic heterocycles. The molecule has 1 saturated heterocycles. The van der Waals surface area contributed by atoms with E-state index in [1.165, 1.54) is 27.8 Å². The summed E-state index contributed by atoms with van der Waals surface area (Å²) in [4.78, 5) is 16.6. The van der Waals surface area contributed by atoms with Gasteiger partial charge in [-0.3, -0.25) is 9.69 Å². The van der Waals surface area contributed by atoms with Crippen molar-refractivity contribution >= 4 is 11.6 Å². The van der Waals surface area contributed by atoms with Gasteiger partial charge in [-0.05, 0) is 40.9 Å². The van der Waals surface area contributed by atoms with Gasteiger partial charge >= 0.3 is 0 Å². The molecule has 0 aromatic heterocycles. The lowest BCUT2D eigenvalue weighted by Gasteiger charge is -2.46. The number of likely N-dealkylation sites (tertiary alicyclic amines) is 1. The van der Waals surface area contributed by atoms with Gasteiger partial charge in [-0.25, -0.2) is 0 Å². The number of nitrogens with one attached hydrogen (secondary N) is 1. The van der Waals surface area contributed by atoms with Crippen LogP contribution in [0.25, 0.3) is 11.1 Å². The first-order valence-electron chi connectivity index (χ1n) is 11.6. The molecule has 7 rings (SSSR count). The van der Waals surface area contributed by atoms with Gasteiger partial charge in [0, 0.05) is 23.7 Å². The van der Waals surface area contributed by atoms with Gasteiger partial charge in [-0.15, -0.1) is 0 Å². The molecule has 4 aromatic carbocycles. The first-order chi connectivity index (χ1) is 16.2. The third-order valence-corrected chi connectivity index (χ3v) is 8.21. The number of carbonyl (C=O) groups is 1. The number of hydrogen-bond acceptors (Lipinski definition) is 2. The van der Waals surface area contributed by atoms with Crippen LogP contribution in [0.4, 0.5) is 5.69 Å². The highest BCUT2D eigenvalue weighted by Gasteiger charge is 2.73. The fourth-order valence-corrected chi connectivity index (χ4v) is 7.19. The van der Waals surface area contributed by atoms with Crippen molar-refractivity contribution in [1.29, 1.82) is 0 Å². The lowest BCUT2D eigenvalue weighted by Crippen LogP contribution is -2.57. The predicted molar refractivity (Wildman–Crippen MR) is 131 cm³/mol. The normalized spacial score (nSPS) is 24.0. The Labute approximate surface area is 193 Å². The maximum atomic E-state index is 14.3. The van der Waals surface area contributed by atoms with Crippen molar-refractivity contribution in [2.75, 3.05) is 18.9 Å². The van der Waals surface area contributed by atoms with Crippen molar-refractivity contribution in [3.8, 4) is 11.1 Å². The highest BCUT2D eigenvalue weighted by atomic mass is 16.2. The summed E-state index contributed by atoms with van der Waals surface area (Å²) < 4.78 is 0. The summed E-state index contributed by atoms with van der Waals surface area (Å²) in [5.74, 6) is 0.182. The molecular weight excluding hydrogens is 404 g/mol. The van der Waals surface area contributed by atoms with Gasteiger partial charge in [0.25, 0.3) is 5.91 Å². The van der Waals surface area contributed by atoms with Crippen LogP contribution in [0, 0.1) is 0 Å². The standard InChI is InChI=1S/C30H24N2O/c1-32-19-26(20-11-3-2-4-12-20)29(30(32)25-17-9-10-18-27(25)31-28(30)33)23-15-7-5-13-21(23)22-14-6-8-16-24(22)29/h2-18,26H,19H2,1H3,(H,31,33)/t26-,30+/m1/s1. The fraction of sp³-hybridized carbons (Fsp3) is 0.167. The Morgan fingerprint density at radius 2 is 1.27 bits per heavy atom. The lowest BCUT2D eigenvalue weighted by molar-refractivity contribution is -0.127. The molecule has 1 amide bonds. The highest BCUT2D eigenvalue weighted by molar-refractivity contribution is 6.09. The number of rotatable bonds is 1. The molecule has 1 N–H and O–H groups in total. The molecule has 0 bridgehead atoms. The minimum atomic E-state index is -0.840. The summed E-state index contributed by atoms with van der Waals surface area (Å²) in [6, 6.07) is 36.4. The first kappa shape index (κ1) is 18.8. The van der Waals surface area contributed by atoms with Crippen molar-refractivity contribution in [3.05, 3.63) is 125 Å². The molecule has 3 nitrogen and oxygen atoms in total. The van der Waals surface area contributed by atoms with E-state index in [1.54, 1.807) is 0 Å². The molecule has 2 heterocycles. The van der Waals surface area contributed by atoms with Crippen LogP contribution in [0.5, 0.6) is 0 Å². The third-order valence-electron chi connectivity index (χ3n) is 8.21. The quantitative estimate of drug-likeness (QED) is 0.432. The van der Waals surface area contributed by atoms with Crippen LogP contribution in [0.3, 0.4) is 0 Å². The van der Waals surface area contributed by atoms with Crippen LogP contribution in [0.2, 0.25) is 0 Å². The van der Waals surface area contributed by atoms with Gasteiger partial charge < -0.3 is 5.32 Å². The molecule has 3 aliphatic rings. The van der Waals surface area contributed by atoms with Gasteiger partial charge in [0.2, 0.25) is 0 Å². The average molecular weight is 429 g/mol. The molecule has 33 heavy (non-hydrogen) atoms. The zero-order valence-corrected chi connectivity index (χ0v) is 18.5. The van der Waals surface area contributed by atoms with Crippen molar-refractivity contribution in [2.24, 2.45) is 0 Å². The zero-order chi connectivity index (χ0) is 22.2. The Hall–Kier alpha value is -3.69. The highest BCUT2D eigenvalue weighted by Crippen LogP contribution is 2.69. The summed E-state index contributed by atoms with van der Waals surface area (Å²) in [7, 11) is 2.12. The predicted octanol–water partition coefficient (Wildman–Crippen LogP) is 5.53. The number of amides is 1. The fourth-order valence-electron chi connectivity index (χ4n) is 7.19. The Morgan fingerprint density at radius 3 is 1.94 bits per heavy atom. The summed E-state index contributed by atoms with van der Waals surface area (Å²) in [5.41, 5.74) is 6.84. The van der Waals surface area contributed by atoms with Crippen LogP contribution in [-0.2, 0) is 15.7 Å². The number of anilines is 1. The molecule has 160 valence electrons. The van der Waals surface area contributed by atoms with Crippen LogP contribution >= 0.6 is 0 Å². The Kier molecular flexibility index (Phi) is 3.67. The van der Waals surface area contributed by atoms with Crippen LogP contribution in [0.15, 0.2) is 103 Å². The SMILES string of the molecule is CN1C[C@H](c2ccccc2)C2(c3ccccc3-c3ccccc32)[C@]12C(=O)Nc1ccccc12. The van der Waals surface area contributed by atoms with E-state index >= 15 is 0 Å². The van der Waals surface area contributed by atoms with Crippen molar-refractivity contribution < 1.29 is 4.79 Å². The minimum absolute atomic E-state index is 0.0659. The van der Waals surface area contributed by atoms with Crippen molar-refractivity contribution in [3.63, 3.8) is 0 Å². The molecule has 0 radical (unpaired) electrons. The van der Waals surface area contributed by atoms with E-state index in [2.05, 4.69) is 108 Å². The van der Waals surface area contributed by atoms with Crippen LogP contribution in [-0.4, -0.2) is 24.4 Å². The number of para-hydroxylation sites is 1.